The molecule has 0 radical (unpaired) electrons. The quantitative estimate of drug-likeness (QED) is 0.919. The van der Waals surface area contributed by atoms with Crippen LogP contribution in [0.3, 0.4) is 0 Å². The third-order valence-corrected chi connectivity index (χ3v) is 5.12. The summed E-state index contributed by atoms with van der Waals surface area (Å²) in [5, 5.41) is 4.26. The van der Waals surface area contributed by atoms with Gasteiger partial charge in [-0.25, -0.2) is 4.79 Å². The van der Waals surface area contributed by atoms with Crippen LogP contribution in [0.1, 0.15) is 26.7 Å². The summed E-state index contributed by atoms with van der Waals surface area (Å²) in [4.78, 5) is 17.5. The number of likely N-dealkylation sites (tertiary alicyclic amines) is 1. The van der Waals surface area contributed by atoms with Crippen molar-refractivity contribution in [2.45, 2.75) is 32.7 Å². The molecule has 3 rings (SSSR count). The van der Waals surface area contributed by atoms with E-state index in [1.54, 1.807) is 0 Å². The molecular weight excluding hydrogens is 312 g/mol. The number of anilines is 1. The number of aryl methyl sites for hydroxylation is 1. The third-order valence-electron chi connectivity index (χ3n) is 5.12. The molecular formula is C20H30N4O. The molecule has 1 aromatic heterocycles. The van der Waals surface area contributed by atoms with Crippen LogP contribution in [0.15, 0.2) is 30.5 Å². The minimum absolute atomic E-state index is 0.0274. The van der Waals surface area contributed by atoms with E-state index >= 15 is 0 Å². The van der Waals surface area contributed by atoms with Crippen molar-refractivity contribution in [2.75, 3.05) is 32.0 Å². The van der Waals surface area contributed by atoms with Gasteiger partial charge >= 0.3 is 6.03 Å². The maximum atomic E-state index is 13.1. The number of nitrogens with zero attached hydrogens (tertiary/aromatic N) is 3. The van der Waals surface area contributed by atoms with Gasteiger partial charge in [0.1, 0.15) is 0 Å². The normalized spacial score (nSPS) is 16.5. The highest BCUT2D eigenvalue weighted by molar-refractivity contribution is 6.01. The van der Waals surface area contributed by atoms with E-state index in [1.165, 1.54) is 0 Å². The number of nitrogens with one attached hydrogen (secondary N) is 1. The minimum atomic E-state index is 0.0274. The van der Waals surface area contributed by atoms with Gasteiger partial charge < -0.3 is 19.7 Å². The molecule has 0 saturated carbocycles. The van der Waals surface area contributed by atoms with Gasteiger partial charge in [-0.05, 0) is 57.1 Å². The monoisotopic (exact) mass is 342 g/mol. The second-order valence-electron chi connectivity index (χ2n) is 7.68. The lowest BCUT2D eigenvalue weighted by molar-refractivity contribution is 0.131. The van der Waals surface area contributed by atoms with Crippen LogP contribution < -0.4 is 5.32 Å². The van der Waals surface area contributed by atoms with Crippen LogP contribution in [0.5, 0.6) is 0 Å². The fraction of sp³-hybridized carbons (Fsp3) is 0.550. The van der Waals surface area contributed by atoms with Gasteiger partial charge in [-0.3, -0.25) is 0 Å². The van der Waals surface area contributed by atoms with E-state index in [0.29, 0.717) is 12.0 Å². The van der Waals surface area contributed by atoms with E-state index in [4.69, 9.17) is 0 Å². The van der Waals surface area contributed by atoms with Crippen molar-refractivity contribution < 1.29 is 4.79 Å². The van der Waals surface area contributed by atoms with Crippen molar-refractivity contribution in [1.82, 2.24) is 14.4 Å². The Morgan fingerprint density at radius 1 is 1.24 bits per heavy atom. The van der Waals surface area contributed by atoms with E-state index in [1.807, 2.05) is 25.4 Å². The van der Waals surface area contributed by atoms with Crippen LogP contribution in [0, 0.1) is 5.92 Å². The zero-order valence-corrected chi connectivity index (χ0v) is 15.8. The first-order chi connectivity index (χ1) is 12.0. The van der Waals surface area contributed by atoms with Crippen LogP contribution in [0.25, 0.3) is 10.9 Å². The Morgan fingerprint density at radius 3 is 2.64 bits per heavy atom. The summed E-state index contributed by atoms with van der Waals surface area (Å²) in [6, 6.07) is 8.48. The van der Waals surface area contributed by atoms with Gasteiger partial charge in [0.15, 0.2) is 0 Å². The maximum absolute atomic E-state index is 13.1. The summed E-state index contributed by atoms with van der Waals surface area (Å²) in [7, 11) is 4.18. The maximum Gasteiger partial charge on any atom is 0.322 e. The first-order valence-electron chi connectivity index (χ1n) is 9.26. The fourth-order valence-corrected chi connectivity index (χ4v) is 3.70. The van der Waals surface area contributed by atoms with Gasteiger partial charge in [-0.2, -0.15) is 0 Å². The van der Waals surface area contributed by atoms with Gasteiger partial charge in [0.05, 0.1) is 5.69 Å². The van der Waals surface area contributed by atoms with Crippen molar-refractivity contribution in [2.24, 2.45) is 13.0 Å². The number of urea groups is 1. The van der Waals surface area contributed by atoms with Crippen molar-refractivity contribution >= 4 is 22.6 Å². The molecule has 2 aromatic rings. The van der Waals surface area contributed by atoms with Gasteiger partial charge in [-0.15, -0.1) is 0 Å². The molecule has 5 heteroatoms. The average molecular weight is 342 g/mol. The molecule has 25 heavy (non-hydrogen) atoms. The van der Waals surface area contributed by atoms with Crippen LogP contribution in [0.2, 0.25) is 0 Å². The Hall–Kier alpha value is -2.01. The first kappa shape index (κ1) is 17.8. The number of rotatable bonds is 4. The lowest BCUT2D eigenvalue weighted by atomic mass is 10.0. The third kappa shape index (κ3) is 3.98. The van der Waals surface area contributed by atoms with Crippen molar-refractivity contribution in [3.63, 3.8) is 0 Å². The molecule has 1 N–H and O–H groups in total. The van der Waals surface area contributed by atoms with E-state index in [-0.39, 0.29) is 6.03 Å². The predicted octanol–water partition coefficient (Wildman–Crippen LogP) is 3.76. The molecule has 1 aliphatic heterocycles. The molecule has 1 aliphatic rings. The van der Waals surface area contributed by atoms with Crippen LogP contribution in [-0.2, 0) is 7.05 Å². The highest BCUT2D eigenvalue weighted by Gasteiger charge is 2.27. The van der Waals surface area contributed by atoms with Crippen LogP contribution in [0.4, 0.5) is 10.5 Å². The number of fused-ring (bicyclic) bond motifs is 1. The average Bonchev–Trinajstić information content (AvgIpc) is 2.96. The minimum Gasteiger partial charge on any atom is -0.350 e. The molecule has 1 aromatic carbocycles. The number of aromatic nitrogens is 1. The lowest BCUT2D eigenvalue weighted by Gasteiger charge is -2.38. The number of carbonyl (C=O) groups is 1. The number of amides is 2. The summed E-state index contributed by atoms with van der Waals surface area (Å²) < 4.78 is 2.08. The molecule has 0 aliphatic carbocycles. The predicted molar refractivity (Wildman–Crippen MR) is 104 cm³/mol. The SMILES string of the molecule is CC(C)CN(C(=O)Nc1cccc2c1ccn2C)C1CCN(C)CC1. The summed E-state index contributed by atoms with van der Waals surface area (Å²) in [5.41, 5.74) is 2.03. The largest absolute Gasteiger partial charge is 0.350 e. The smallest absolute Gasteiger partial charge is 0.322 e. The molecule has 136 valence electrons. The summed E-state index contributed by atoms with van der Waals surface area (Å²) in [6.07, 6.45) is 4.13. The van der Waals surface area contributed by atoms with Crippen molar-refractivity contribution in [1.29, 1.82) is 0 Å². The fourth-order valence-electron chi connectivity index (χ4n) is 3.70. The molecule has 1 fully saturated rings. The Labute approximate surface area is 150 Å². The molecule has 0 atom stereocenters. The first-order valence-corrected chi connectivity index (χ1v) is 9.26. The van der Waals surface area contributed by atoms with Crippen molar-refractivity contribution in [3.05, 3.63) is 30.5 Å². The molecule has 0 spiro atoms. The number of hydrogen-bond donors (Lipinski definition) is 1. The Bertz CT molecular complexity index is 728. The van der Waals surface area contributed by atoms with Crippen LogP contribution in [-0.4, -0.2) is 53.1 Å². The number of carbonyl (C=O) groups excluding carboxylic acids is 1. The van der Waals surface area contributed by atoms with E-state index in [2.05, 4.69) is 52.7 Å². The van der Waals surface area contributed by atoms with E-state index < -0.39 is 0 Å². The molecule has 0 unspecified atom stereocenters. The molecule has 1 saturated heterocycles. The van der Waals surface area contributed by atoms with E-state index in [9.17, 15) is 4.79 Å². The Morgan fingerprint density at radius 2 is 1.96 bits per heavy atom. The van der Waals surface area contributed by atoms with Gasteiger partial charge in [-0.1, -0.05) is 19.9 Å². The van der Waals surface area contributed by atoms with Crippen LogP contribution >= 0.6 is 0 Å². The molecule has 5 nitrogen and oxygen atoms in total. The summed E-state index contributed by atoms with van der Waals surface area (Å²) in [5.74, 6) is 0.456. The second kappa shape index (κ2) is 7.48. The molecule has 2 amide bonds. The standard InChI is InChI=1S/C20H30N4O/c1-15(2)14-24(16-8-11-22(3)12-9-16)20(25)21-18-6-5-7-19-17(18)10-13-23(19)4/h5-7,10,13,15-16H,8-9,11-12,14H2,1-4H3,(H,21,25). The number of benzene rings is 1. The molecule has 0 bridgehead atoms. The summed E-state index contributed by atoms with van der Waals surface area (Å²) >= 11 is 0. The van der Waals surface area contributed by atoms with Gasteiger partial charge in [0.2, 0.25) is 0 Å². The van der Waals surface area contributed by atoms with Gasteiger partial charge in [0.25, 0.3) is 0 Å². The lowest BCUT2D eigenvalue weighted by Crippen LogP contribution is -2.49. The number of hydrogen-bond acceptors (Lipinski definition) is 2. The van der Waals surface area contributed by atoms with E-state index in [0.717, 1.165) is 49.1 Å². The summed E-state index contributed by atoms with van der Waals surface area (Å²) in [6.45, 7) is 7.26. The second-order valence-corrected chi connectivity index (χ2v) is 7.68. The van der Waals surface area contributed by atoms with Crippen molar-refractivity contribution in [3.8, 4) is 0 Å². The topological polar surface area (TPSA) is 40.5 Å². The molecule has 2 heterocycles. The zero-order chi connectivity index (χ0) is 18.0. The number of piperidine rings is 1. The van der Waals surface area contributed by atoms with Gasteiger partial charge in [0, 0.05) is 36.7 Å². The Balaban J connectivity index is 1.79. The highest BCUT2D eigenvalue weighted by atomic mass is 16.2. The highest BCUT2D eigenvalue weighted by Crippen LogP contribution is 2.25. The zero-order valence-electron chi connectivity index (χ0n) is 15.8. The Kier molecular flexibility index (Phi) is 5.33.